The van der Waals surface area contributed by atoms with Crippen LogP contribution in [0.5, 0.6) is 0 Å². The zero-order valence-electron chi connectivity index (χ0n) is 9.23. The van der Waals surface area contributed by atoms with Crippen molar-refractivity contribution in [3.05, 3.63) is 12.7 Å². The Hall–Kier alpha value is 0.280. The molecule has 0 aliphatic carbocycles. The zero-order valence-corrected chi connectivity index (χ0v) is 11.0. The molecule has 0 heterocycles. The van der Waals surface area contributed by atoms with Crippen LogP contribution >= 0.6 is 0 Å². The van der Waals surface area contributed by atoms with Gasteiger partial charge in [0, 0.05) is 6.08 Å². The molecule has 0 saturated carbocycles. The Morgan fingerprint density at radius 3 is 2.71 bits per heavy atom. The fourth-order valence-electron chi connectivity index (χ4n) is 0.579. The van der Waals surface area contributed by atoms with E-state index in [4.69, 9.17) is 4.74 Å². The van der Waals surface area contributed by atoms with Crippen LogP contribution < -0.4 is 29.6 Å². The SMILES string of the molecule is C=CC(=O)OC(CC)COS(=O)[O-].[H-].[Na+]. The smallest absolute Gasteiger partial charge is 1.00 e. The van der Waals surface area contributed by atoms with Gasteiger partial charge in [-0.2, -0.15) is 0 Å². The van der Waals surface area contributed by atoms with Gasteiger partial charge < -0.3 is 10.7 Å². The van der Waals surface area contributed by atoms with Gasteiger partial charge in [-0.15, -0.1) is 0 Å². The summed E-state index contributed by atoms with van der Waals surface area (Å²) in [4.78, 5) is 10.7. The summed E-state index contributed by atoms with van der Waals surface area (Å²) in [5, 5.41) is 0. The molecule has 2 unspecified atom stereocenters. The van der Waals surface area contributed by atoms with Crippen LogP contribution in [0.2, 0.25) is 0 Å². The van der Waals surface area contributed by atoms with E-state index in [-0.39, 0.29) is 37.6 Å². The van der Waals surface area contributed by atoms with Crippen LogP contribution in [0.1, 0.15) is 14.8 Å². The number of carbonyl (C=O) groups excluding carboxylic acids is 1. The van der Waals surface area contributed by atoms with Crippen molar-refractivity contribution in [2.45, 2.75) is 19.4 Å². The van der Waals surface area contributed by atoms with E-state index < -0.39 is 23.4 Å². The van der Waals surface area contributed by atoms with Crippen molar-refractivity contribution < 1.29 is 53.5 Å². The number of ether oxygens (including phenoxy) is 1. The predicted molar refractivity (Wildman–Crippen MR) is 46.4 cm³/mol. The topological polar surface area (TPSA) is 75.7 Å². The van der Waals surface area contributed by atoms with Gasteiger partial charge in [0.1, 0.15) is 6.10 Å². The predicted octanol–water partition coefficient (Wildman–Crippen LogP) is -2.58. The molecule has 78 valence electrons. The second-order valence-electron chi connectivity index (χ2n) is 2.16. The molecule has 14 heavy (non-hydrogen) atoms. The van der Waals surface area contributed by atoms with Crippen LogP contribution in [0.15, 0.2) is 12.7 Å². The molecule has 0 saturated heterocycles. The molecule has 0 spiro atoms. The minimum absolute atomic E-state index is 0. The second-order valence-corrected chi connectivity index (χ2v) is 2.80. The minimum Gasteiger partial charge on any atom is -1.00 e. The van der Waals surface area contributed by atoms with E-state index in [1.54, 1.807) is 6.92 Å². The van der Waals surface area contributed by atoms with Crippen LogP contribution in [0.3, 0.4) is 0 Å². The molecule has 0 aliphatic heterocycles. The van der Waals surface area contributed by atoms with Gasteiger partial charge in [0.25, 0.3) is 0 Å². The first-order valence-electron chi connectivity index (χ1n) is 3.65. The molecular formula is C7H12NaO5S-. The van der Waals surface area contributed by atoms with Crippen LogP contribution in [-0.4, -0.2) is 27.4 Å². The summed E-state index contributed by atoms with van der Waals surface area (Å²) < 4.78 is 29.0. The van der Waals surface area contributed by atoms with E-state index in [1.807, 2.05) is 0 Å². The first-order chi connectivity index (χ1) is 6.10. The normalized spacial score (nSPS) is 13.6. The fraction of sp³-hybridized carbons (Fsp3) is 0.571. The average molecular weight is 231 g/mol. The Morgan fingerprint density at radius 1 is 1.79 bits per heavy atom. The van der Waals surface area contributed by atoms with Crippen molar-refractivity contribution in [1.82, 2.24) is 0 Å². The molecule has 7 heteroatoms. The van der Waals surface area contributed by atoms with E-state index in [9.17, 15) is 13.6 Å². The van der Waals surface area contributed by atoms with Crippen molar-refractivity contribution >= 4 is 17.3 Å². The third-order valence-corrected chi connectivity index (χ3v) is 1.58. The van der Waals surface area contributed by atoms with Crippen LogP contribution in [0, 0.1) is 0 Å². The molecule has 0 aliphatic rings. The summed E-state index contributed by atoms with van der Waals surface area (Å²) >= 11 is -2.57. The Labute approximate surface area is 109 Å². The third kappa shape index (κ3) is 8.86. The van der Waals surface area contributed by atoms with Gasteiger partial charge in [-0.25, -0.2) is 9.00 Å². The quantitative estimate of drug-likeness (QED) is 0.217. The first-order valence-corrected chi connectivity index (χ1v) is 4.65. The average Bonchev–Trinajstić information content (AvgIpc) is 2.11. The summed E-state index contributed by atoms with van der Waals surface area (Å²) in [5.74, 6) is -0.591. The number of esters is 1. The molecule has 0 aromatic rings. The number of hydrogen-bond donors (Lipinski definition) is 0. The molecule has 0 fully saturated rings. The maximum absolute atomic E-state index is 10.7. The van der Waals surface area contributed by atoms with Crippen molar-refractivity contribution in [1.29, 1.82) is 0 Å². The van der Waals surface area contributed by atoms with Gasteiger partial charge in [-0.3, -0.25) is 4.18 Å². The molecule has 2 atom stereocenters. The third-order valence-electron chi connectivity index (χ3n) is 1.25. The molecule has 0 bridgehead atoms. The Bertz CT molecular complexity index is 214. The van der Waals surface area contributed by atoms with E-state index >= 15 is 0 Å². The van der Waals surface area contributed by atoms with Crippen molar-refractivity contribution in [2.75, 3.05) is 6.61 Å². The van der Waals surface area contributed by atoms with Gasteiger partial charge in [0.05, 0.1) is 18.0 Å². The molecular weight excluding hydrogens is 219 g/mol. The Morgan fingerprint density at radius 2 is 2.36 bits per heavy atom. The molecule has 0 radical (unpaired) electrons. The fourth-order valence-corrected chi connectivity index (χ4v) is 0.842. The zero-order chi connectivity index (χ0) is 10.3. The maximum Gasteiger partial charge on any atom is 1.00 e. The Balaban J connectivity index is -0.000000720. The largest absolute Gasteiger partial charge is 1.00 e. The van der Waals surface area contributed by atoms with Gasteiger partial charge in [0.15, 0.2) is 0 Å². The summed E-state index contributed by atoms with van der Waals surface area (Å²) in [6.07, 6.45) is 0.941. The number of rotatable bonds is 6. The second kappa shape index (κ2) is 9.82. The van der Waals surface area contributed by atoms with E-state index in [2.05, 4.69) is 10.8 Å². The summed E-state index contributed by atoms with van der Waals surface area (Å²) in [7, 11) is 0. The summed E-state index contributed by atoms with van der Waals surface area (Å²) in [6, 6.07) is 0. The van der Waals surface area contributed by atoms with Crippen LogP contribution in [-0.2, 0) is 25.1 Å². The Kier molecular flexibility index (Phi) is 11.7. The van der Waals surface area contributed by atoms with E-state index in [1.165, 1.54) is 0 Å². The van der Waals surface area contributed by atoms with Crippen molar-refractivity contribution in [3.63, 3.8) is 0 Å². The van der Waals surface area contributed by atoms with Gasteiger partial charge in [-0.1, -0.05) is 13.5 Å². The van der Waals surface area contributed by atoms with Crippen LogP contribution in [0.25, 0.3) is 0 Å². The van der Waals surface area contributed by atoms with Crippen molar-refractivity contribution in [3.8, 4) is 0 Å². The monoisotopic (exact) mass is 231 g/mol. The molecule has 0 N–H and O–H groups in total. The van der Waals surface area contributed by atoms with E-state index in [0.29, 0.717) is 6.42 Å². The van der Waals surface area contributed by atoms with Gasteiger partial charge in [-0.05, 0) is 6.42 Å². The number of hydrogen-bond acceptors (Lipinski definition) is 5. The molecule has 5 nitrogen and oxygen atoms in total. The first kappa shape index (κ1) is 16.7. The summed E-state index contributed by atoms with van der Waals surface area (Å²) in [5.41, 5.74) is 0. The van der Waals surface area contributed by atoms with Crippen LogP contribution in [0.4, 0.5) is 0 Å². The standard InChI is InChI=1S/C7H12O5S.Na.H/c1-3-6(5-11-13(9)10)12-7(8)4-2;;/h4,6H,2-3,5H2,1H3,(H,9,10);;/q;+1;-1/p-1. The van der Waals surface area contributed by atoms with E-state index in [0.717, 1.165) is 6.08 Å². The van der Waals surface area contributed by atoms with Gasteiger partial charge >= 0.3 is 35.5 Å². The minimum atomic E-state index is -2.57. The molecule has 0 aromatic heterocycles. The number of carbonyl (C=O) groups is 1. The van der Waals surface area contributed by atoms with Gasteiger partial charge in [0.2, 0.25) is 0 Å². The molecule has 0 amide bonds. The van der Waals surface area contributed by atoms with Crippen molar-refractivity contribution in [2.24, 2.45) is 0 Å². The maximum atomic E-state index is 10.7. The molecule has 0 rings (SSSR count). The summed E-state index contributed by atoms with van der Waals surface area (Å²) in [6.45, 7) is 4.79. The molecule has 0 aromatic carbocycles.